The van der Waals surface area contributed by atoms with Crippen LogP contribution in [-0.2, 0) is 17.8 Å². The van der Waals surface area contributed by atoms with E-state index in [-0.39, 0.29) is 23.9 Å². The smallest absolute Gasteiger partial charge is 0.269 e. The molecule has 1 N–H and O–H groups in total. The first kappa shape index (κ1) is 20.3. The van der Waals surface area contributed by atoms with E-state index in [0.717, 1.165) is 27.8 Å². The van der Waals surface area contributed by atoms with Gasteiger partial charge in [0.05, 0.1) is 18.5 Å². The quantitative estimate of drug-likeness (QED) is 0.401. The zero-order valence-electron chi connectivity index (χ0n) is 17.2. The molecule has 6 heteroatoms. The number of azo groups is 1. The van der Waals surface area contributed by atoms with Crippen molar-refractivity contribution in [3.05, 3.63) is 90.0 Å². The van der Waals surface area contributed by atoms with Crippen LogP contribution >= 0.6 is 0 Å². The molecule has 1 aromatic heterocycles. The summed E-state index contributed by atoms with van der Waals surface area (Å²) >= 11 is 0. The van der Waals surface area contributed by atoms with Gasteiger partial charge in [0.2, 0.25) is 5.88 Å². The van der Waals surface area contributed by atoms with Crippen LogP contribution in [-0.4, -0.2) is 22.2 Å². The van der Waals surface area contributed by atoms with Gasteiger partial charge in [-0.3, -0.25) is 4.79 Å². The first-order valence-corrected chi connectivity index (χ1v) is 10.1. The lowest BCUT2D eigenvalue weighted by atomic mass is 10.1. The Morgan fingerprint density at radius 1 is 1.00 bits per heavy atom. The van der Waals surface area contributed by atoms with Crippen LogP contribution in [0.3, 0.4) is 0 Å². The fraction of sp³-hybridized carbons (Fsp3) is 0.160. The molecule has 0 aliphatic rings. The first-order valence-electron chi connectivity index (χ1n) is 10.1. The summed E-state index contributed by atoms with van der Waals surface area (Å²) in [7, 11) is 0. The largest absolute Gasteiger partial charge is 0.493 e. The number of hydrogen-bond donors (Lipinski definition) is 1. The van der Waals surface area contributed by atoms with Gasteiger partial charge in [0.15, 0.2) is 5.69 Å². The molecule has 4 aromatic rings. The van der Waals surface area contributed by atoms with Crippen molar-refractivity contribution in [3.63, 3.8) is 0 Å². The summed E-state index contributed by atoms with van der Waals surface area (Å²) in [4.78, 5) is 12.2. The van der Waals surface area contributed by atoms with Gasteiger partial charge < -0.3 is 14.4 Å². The number of aromatic hydroxyl groups is 1. The standard InChI is InChI=1S/C25H23N3O3/c1-18-8-7-11-20(16-18)31-15-14-28-22-13-6-5-12-21(22)24(25(28)30)27-26-23(29)17-19-9-3-2-4-10-19/h2-13,16,30H,14-15,17H2,1H3. The normalized spacial score (nSPS) is 11.3. The van der Waals surface area contributed by atoms with E-state index in [1.807, 2.05) is 85.8 Å². The molecule has 6 nitrogen and oxygen atoms in total. The molecule has 0 saturated heterocycles. The zero-order valence-corrected chi connectivity index (χ0v) is 17.2. The molecule has 4 rings (SSSR count). The Labute approximate surface area is 180 Å². The van der Waals surface area contributed by atoms with Crippen molar-refractivity contribution in [3.8, 4) is 11.6 Å². The molecule has 0 saturated carbocycles. The Bertz CT molecular complexity index is 1230. The molecule has 0 bridgehead atoms. The molecule has 1 amide bonds. The lowest BCUT2D eigenvalue weighted by Gasteiger charge is -2.09. The van der Waals surface area contributed by atoms with Crippen LogP contribution < -0.4 is 4.74 Å². The summed E-state index contributed by atoms with van der Waals surface area (Å²) in [6.45, 7) is 2.81. The van der Waals surface area contributed by atoms with Crippen LogP contribution in [0.5, 0.6) is 11.6 Å². The van der Waals surface area contributed by atoms with Gasteiger partial charge in [-0.1, -0.05) is 60.7 Å². The maximum atomic E-state index is 12.2. The molecule has 0 radical (unpaired) electrons. The van der Waals surface area contributed by atoms with Crippen LogP contribution in [0.15, 0.2) is 89.1 Å². The second-order valence-corrected chi connectivity index (χ2v) is 7.26. The Morgan fingerprint density at radius 3 is 2.58 bits per heavy atom. The maximum Gasteiger partial charge on any atom is 0.269 e. The molecule has 1 heterocycles. The second-order valence-electron chi connectivity index (χ2n) is 7.26. The molecule has 0 unspecified atom stereocenters. The van der Waals surface area contributed by atoms with Crippen molar-refractivity contribution in [1.29, 1.82) is 0 Å². The number of aromatic nitrogens is 1. The molecule has 0 aliphatic heterocycles. The van der Waals surface area contributed by atoms with E-state index in [4.69, 9.17) is 4.74 Å². The lowest BCUT2D eigenvalue weighted by Crippen LogP contribution is -2.07. The van der Waals surface area contributed by atoms with E-state index < -0.39 is 0 Å². The van der Waals surface area contributed by atoms with Gasteiger partial charge in [-0.05, 0) is 36.2 Å². The van der Waals surface area contributed by atoms with Gasteiger partial charge in [0, 0.05) is 5.39 Å². The Kier molecular flexibility index (Phi) is 6.08. The predicted molar refractivity (Wildman–Crippen MR) is 120 cm³/mol. The molecular formula is C25H23N3O3. The monoisotopic (exact) mass is 413 g/mol. The van der Waals surface area contributed by atoms with Gasteiger partial charge in [0.1, 0.15) is 12.4 Å². The molecule has 156 valence electrons. The zero-order chi connectivity index (χ0) is 21.6. The third-order valence-electron chi connectivity index (χ3n) is 4.95. The minimum absolute atomic E-state index is 0.0368. The number of rotatable bonds is 7. The lowest BCUT2D eigenvalue weighted by molar-refractivity contribution is -0.117. The van der Waals surface area contributed by atoms with Crippen LogP contribution in [0.2, 0.25) is 0 Å². The average molecular weight is 413 g/mol. The van der Waals surface area contributed by atoms with Gasteiger partial charge in [-0.15, -0.1) is 10.2 Å². The highest BCUT2D eigenvalue weighted by atomic mass is 16.5. The van der Waals surface area contributed by atoms with Gasteiger partial charge >= 0.3 is 0 Å². The highest BCUT2D eigenvalue weighted by Gasteiger charge is 2.16. The predicted octanol–water partition coefficient (Wildman–Crippen LogP) is 5.59. The molecule has 0 fully saturated rings. The highest BCUT2D eigenvalue weighted by molar-refractivity contribution is 5.95. The summed E-state index contributed by atoms with van der Waals surface area (Å²) < 4.78 is 7.55. The number of amides is 1. The summed E-state index contributed by atoms with van der Waals surface area (Å²) in [6, 6.07) is 24.7. The number of benzene rings is 3. The molecule has 3 aromatic carbocycles. The number of nitrogens with zero attached hydrogens (tertiary/aromatic N) is 3. The second kappa shape index (κ2) is 9.26. The van der Waals surface area contributed by atoms with E-state index in [1.165, 1.54) is 0 Å². The fourth-order valence-corrected chi connectivity index (χ4v) is 3.47. The SMILES string of the molecule is Cc1cccc(OCCn2c(O)c(N=NC(=O)Cc3ccccc3)c3ccccc32)c1. The molecule has 0 spiro atoms. The number of fused-ring (bicyclic) bond motifs is 1. The maximum absolute atomic E-state index is 12.2. The van der Waals surface area contributed by atoms with Crippen LogP contribution in [0.25, 0.3) is 10.9 Å². The Balaban J connectivity index is 1.52. The Morgan fingerprint density at radius 2 is 1.77 bits per heavy atom. The Hall–Kier alpha value is -3.93. The topological polar surface area (TPSA) is 76.2 Å². The van der Waals surface area contributed by atoms with E-state index in [2.05, 4.69) is 10.2 Å². The van der Waals surface area contributed by atoms with E-state index >= 15 is 0 Å². The minimum Gasteiger partial charge on any atom is -0.493 e. The third kappa shape index (κ3) is 4.80. The van der Waals surface area contributed by atoms with E-state index in [9.17, 15) is 9.90 Å². The van der Waals surface area contributed by atoms with Crippen molar-refractivity contribution in [2.45, 2.75) is 19.9 Å². The molecule has 0 atom stereocenters. The van der Waals surface area contributed by atoms with Crippen molar-refractivity contribution >= 4 is 22.5 Å². The van der Waals surface area contributed by atoms with Crippen LogP contribution in [0.1, 0.15) is 11.1 Å². The molecular weight excluding hydrogens is 390 g/mol. The van der Waals surface area contributed by atoms with Crippen molar-refractivity contribution < 1.29 is 14.6 Å². The third-order valence-corrected chi connectivity index (χ3v) is 4.95. The van der Waals surface area contributed by atoms with Crippen LogP contribution in [0.4, 0.5) is 5.69 Å². The van der Waals surface area contributed by atoms with Crippen molar-refractivity contribution in [1.82, 2.24) is 4.57 Å². The number of hydrogen-bond acceptors (Lipinski definition) is 4. The number of carbonyl (C=O) groups excluding carboxylic acids is 1. The van der Waals surface area contributed by atoms with Gasteiger partial charge in [-0.2, -0.15) is 0 Å². The summed E-state index contributed by atoms with van der Waals surface area (Å²) in [5, 5.41) is 19.5. The highest BCUT2D eigenvalue weighted by Crippen LogP contribution is 2.38. The van der Waals surface area contributed by atoms with Crippen molar-refractivity contribution in [2.75, 3.05) is 6.61 Å². The summed E-state index contributed by atoms with van der Waals surface area (Å²) in [5.74, 6) is 0.373. The number of carbonyl (C=O) groups is 1. The number of aryl methyl sites for hydroxylation is 1. The molecule has 0 aliphatic carbocycles. The number of ether oxygens (including phenoxy) is 1. The minimum atomic E-state index is -0.370. The van der Waals surface area contributed by atoms with Crippen molar-refractivity contribution in [2.24, 2.45) is 10.2 Å². The van der Waals surface area contributed by atoms with E-state index in [1.54, 1.807) is 4.57 Å². The van der Waals surface area contributed by atoms with Crippen LogP contribution in [0, 0.1) is 6.92 Å². The number of para-hydroxylation sites is 1. The van der Waals surface area contributed by atoms with E-state index in [0.29, 0.717) is 13.2 Å². The fourth-order valence-electron chi connectivity index (χ4n) is 3.47. The molecule has 31 heavy (non-hydrogen) atoms. The summed E-state index contributed by atoms with van der Waals surface area (Å²) in [6.07, 6.45) is 0.161. The van der Waals surface area contributed by atoms with Gasteiger partial charge in [0.25, 0.3) is 5.91 Å². The average Bonchev–Trinajstić information content (AvgIpc) is 3.04. The summed E-state index contributed by atoms with van der Waals surface area (Å²) in [5.41, 5.74) is 3.07. The van der Waals surface area contributed by atoms with Gasteiger partial charge in [-0.25, -0.2) is 0 Å². The first-order chi connectivity index (χ1) is 15.1.